The number of hydrogen-bond acceptors (Lipinski definition) is 2. The van der Waals surface area contributed by atoms with E-state index < -0.39 is 0 Å². The van der Waals surface area contributed by atoms with Gasteiger partial charge in [0.15, 0.2) is 0 Å². The maximum Gasteiger partial charge on any atom is 0.287 e. The molecular weight excluding hydrogens is 235 g/mol. The zero-order valence-electron chi connectivity index (χ0n) is 8.25. The lowest BCUT2D eigenvalue weighted by molar-refractivity contribution is 0.415. The van der Waals surface area contributed by atoms with Crippen molar-refractivity contribution < 1.29 is 0 Å². The Morgan fingerprint density at radius 1 is 1.40 bits per heavy atom. The highest BCUT2D eigenvalue weighted by Gasteiger charge is 2.17. The second-order valence-corrected chi connectivity index (χ2v) is 4.73. The Balaban J connectivity index is 2.21. The highest BCUT2D eigenvalue weighted by Crippen LogP contribution is 2.25. The number of rotatable bonds is 2. The summed E-state index contributed by atoms with van der Waals surface area (Å²) < 4.78 is 1.42. The molecule has 3 nitrogen and oxygen atoms in total. The summed E-state index contributed by atoms with van der Waals surface area (Å²) in [4.78, 5) is 11.7. The molecule has 0 saturated heterocycles. The average molecular weight is 247 g/mol. The molecule has 0 unspecified atom stereocenters. The summed E-state index contributed by atoms with van der Waals surface area (Å²) in [5, 5.41) is 4.29. The van der Waals surface area contributed by atoms with Gasteiger partial charge in [0, 0.05) is 6.54 Å². The standard InChI is InChI=1S/C10H12Cl2N2O/c11-8-5-13-14(10(15)9(8)12)6-7-3-1-2-4-7/h5,7H,1-4,6H2. The summed E-state index contributed by atoms with van der Waals surface area (Å²) in [5.74, 6) is 0.562. The molecule has 0 aromatic carbocycles. The minimum atomic E-state index is -0.281. The zero-order valence-corrected chi connectivity index (χ0v) is 9.76. The quantitative estimate of drug-likeness (QED) is 0.805. The van der Waals surface area contributed by atoms with E-state index in [1.807, 2.05) is 0 Å². The largest absolute Gasteiger partial charge is 0.287 e. The van der Waals surface area contributed by atoms with E-state index >= 15 is 0 Å². The van der Waals surface area contributed by atoms with Crippen molar-refractivity contribution in [2.45, 2.75) is 32.2 Å². The number of nitrogens with zero attached hydrogens (tertiary/aromatic N) is 2. The van der Waals surface area contributed by atoms with Crippen molar-refractivity contribution in [3.05, 3.63) is 26.6 Å². The average Bonchev–Trinajstić information content (AvgIpc) is 2.72. The van der Waals surface area contributed by atoms with Gasteiger partial charge >= 0.3 is 0 Å². The first-order chi connectivity index (χ1) is 7.18. The van der Waals surface area contributed by atoms with Crippen molar-refractivity contribution in [3.8, 4) is 0 Å². The molecule has 0 amide bonds. The molecule has 82 valence electrons. The van der Waals surface area contributed by atoms with Crippen molar-refractivity contribution >= 4 is 23.2 Å². The molecule has 0 atom stereocenters. The van der Waals surface area contributed by atoms with Crippen LogP contribution in [0, 0.1) is 5.92 Å². The summed E-state index contributed by atoms with van der Waals surface area (Å²) in [7, 11) is 0. The molecule has 1 aromatic rings. The normalized spacial score (nSPS) is 17.2. The fourth-order valence-electron chi connectivity index (χ4n) is 2.01. The second-order valence-electron chi connectivity index (χ2n) is 3.94. The monoisotopic (exact) mass is 246 g/mol. The van der Waals surface area contributed by atoms with Crippen LogP contribution in [0.3, 0.4) is 0 Å². The van der Waals surface area contributed by atoms with E-state index in [4.69, 9.17) is 23.2 Å². The van der Waals surface area contributed by atoms with Crippen molar-refractivity contribution in [2.24, 2.45) is 5.92 Å². The molecule has 1 heterocycles. The number of hydrogen-bond donors (Lipinski definition) is 0. The van der Waals surface area contributed by atoms with Crippen molar-refractivity contribution in [2.75, 3.05) is 0 Å². The van der Waals surface area contributed by atoms with E-state index in [1.54, 1.807) is 0 Å². The van der Waals surface area contributed by atoms with Crippen LogP contribution < -0.4 is 5.56 Å². The van der Waals surface area contributed by atoms with Gasteiger partial charge in [0.25, 0.3) is 5.56 Å². The van der Waals surface area contributed by atoms with Gasteiger partial charge in [-0.25, -0.2) is 4.68 Å². The molecule has 15 heavy (non-hydrogen) atoms. The summed E-state index contributed by atoms with van der Waals surface area (Å²) >= 11 is 11.5. The van der Waals surface area contributed by atoms with E-state index in [9.17, 15) is 4.79 Å². The van der Waals surface area contributed by atoms with Gasteiger partial charge in [-0.2, -0.15) is 5.10 Å². The molecule has 1 aliphatic carbocycles. The van der Waals surface area contributed by atoms with Gasteiger partial charge in [0.05, 0.1) is 11.2 Å². The fourth-order valence-corrected chi connectivity index (χ4v) is 2.28. The van der Waals surface area contributed by atoms with Crippen molar-refractivity contribution in [1.29, 1.82) is 0 Å². The highest BCUT2D eigenvalue weighted by atomic mass is 35.5. The second kappa shape index (κ2) is 4.54. The van der Waals surface area contributed by atoms with E-state index in [0.29, 0.717) is 12.5 Å². The molecule has 1 saturated carbocycles. The van der Waals surface area contributed by atoms with E-state index in [2.05, 4.69) is 5.10 Å². The molecule has 1 aromatic heterocycles. The lowest BCUT2D eigenvalue weighted by Crippen LogP contribution is -2.26. The maximum absolute atomic E-state index is 11.7. The van der Waals surface area contributed by atoms with Crippen LogP contribution in [0.5, 0.6) is 0 Å². The molecule has 0 N–H and O–H groups in total. The smallest absolute Gasteiger partial charge is 0.266 e. The van der Waals surface area contributed by atoms with E-state index in [-0.39, 0.29) is 15.6 Å². The van der Waals surface area contributed by atoms with Crippen LogP contribution in [0.4, 0.5) is 0 Å². The van der Waals surface area contributed by atoms with Crippen LogP contribution in [0.1, 0.15) is 25.7 Å². The summed E-state index contributed by atoms with van der Waals surface area (Å²) in [5.41, 5.74) is -0.281. The summed E-state index contributed by atoms with van der Waals surface area (Å²) in [6.45, 7) is 0.662. The molecule has 5 heteroatoms. The van der Waals surface area contributed by atoms with Crippen LogP contribution in [-0.2, 0) is 6.54 Å². The van der Waals surface area contributed by atoms with Gasteiger partial charge < -0.3 is 0 Å². The molecule has 0 bridgehead atoms. The van der Waals surface area contributed by atoms with Gasteiger partial charge in [-0.15, -0.1) is 0 Å². The zero-order chi connectivity index (χ0) is 10.8. The Labute approximate surface area is 98.0 Å². The van der Waals surface area contributed by atoms with Gasteiger partial charge in [-0.05, 0) is 18.8 Å². The van der Waals surface area contributed by atoms with Crippen LogP contribution in [0.2, 0.25) is 10.0 Å². The molecule has 1 fully saturated rings. The molecule has 0 aliphatic heterocycles. The molecule has 0 radical (unpaired) electrons. The third kappa shape index (κ3) is 2.34. The lowest BCUT2D eigenvalue weighted by atomic mass is 10.1. The van der Waals surface area contributed by atoms with Gasteiger partial charge in [0.2, 0.25) is 0 Å². The molecule has 1 aliphatic rings. The Hall–Kier alpha value is -0.540. The van der Waals surface area contributed by atoms with Crippen molar-refractivity contribution in [3.63, 3.8) is 0 Å². The third-order valence-electron chi connectivity index (χ3n) is 2.85. The molecular formula is C10H12Cl2N2O. The maximum atomic E-state index is 11.7. The molecule has 2 rings (SSSR count). The Morgan fingerprint density at radius 3 is 2.73 bits per heavy atom. The van der Waals surface area contributed by atoms with Gasteiger partial charge in [-0.1, -0.05) is 36.0 Å². The topological polar surface area (TPSA) is 34.9 Å². The lowest BCUT2D eigenvalue weighted by Gasteiger charge is -2.10. The third-order valence-corrected chi connectivity index (χ3v) is 3.60. The Kier molecular flexibility index (Phi) is 3.32. The Morgan fingerprint density at radius 2 is 2.07 bits per heavy atom. The minimum absolute atomic E-state index is 0.0738. The first-order valence-corrected chi connectivity index (χ1v) is 5.85. The minimum Gasteiger partial charge on any atom is -0.266 e. The van der Waals surface area contributed by atoms with Crippen LogP contribution >= 0.6 is 23.2 Å². The van der Waals surface area contributed by atoms with Crippen molar-refractivity contribution in [1.82, 2.24) is 9.78 Å². The van der Waals surface area contributed by atoms with Crippen LogP contribution in [-0.4, -0.2) is 9.78 Å². The van der Waals surface area contributed by atoms with Crippen LogP contribution in [0.15, 0.2) is 11.0 Å². The van der Waals surface area contributed by atoms with Crippen LogP contribution in [0.25, 0.3) is 0 Å². The highest BCUT2D eigenvalue weighted by molar-refractivity contribution is 6.41. The fraction of sp³-hybridized carbons (Fsp3) is 0.600. The summed E-state index contributed by atoms with van der Waals surface area (Å²) in [6.07, 6.45) is 6.28. The first kappa shape index (κ1) is 11.0. The predicted molar refractivity (Wildman–Crippen MR) is 60.5 cm³/mol. The number of halogens is 2. The Bertz CT molecular complexity index is 410. The number of aromatic nitrogens is 2. The van der Waals surface area contributed by atoms with Gasteiger partial charge in [-0.3, -0.25) is 4.79 Å². The SMILES string of the molecule is O=c1c(Cl)c(Cl)cnn1CC1CCCC1. The van der Waals surface area contributed by atoms with E-state index in [0.717, 1.165) is 0 Å². The van der Waals surface area contributed by atoms with E-state index in [1.165, 1.54) is 36.6 Å². The molecule has 0 spiro atoms. The van der Waals surface area contributed by atoms with Gasteiger partial charge in [0.1, 0.15) is 5.02 Å². The first-order valence-electron chi connectivity index (χ1n) is 5.09. The predicted octanol–water partition coefficient (Wildman–Crippen LogP) is 2.74. The summed E-state index contributed by atoms with van der Waals surface area (Å²) in [6, 6.07) is 0.